The third-order valence-corrected chi connectivity index (χ3v) is 2.75. The van der Waals surface area contributed by atoms with Crippen molar-refractivity contribution in [2.45, 2.75) is 0 Å². The van der Waals surface area contributed by atoms with Crippen molar-refractivity contribution < 1.29 is 23.7 Å². The lowest BCUT2D eigenvalue weighted by molar-refractivity contribution is -0.115. The molecule has 8 heteroatoms. The highest BCUT2D eigenvalue weighted by Gasteiger charge is 2.13. The second-order valence-corrected chi connectivity index (χ2v) is 4.13. The zero-order valence-electron chi connectivity index (χ0n) is 13.2. The summed E-state index contributed by atoms with van der Waals surface area (Å²) in [6.45, 7) is 1.33. The van der Waals surface area contributed by atoms with E-state index in [-0.39, 0.29) is 24.9 Å². The molecule has 0 atom stereocenters. The van der Waals surface area contributed by atoms with Gasteiger partial charge in [0.15, 0.2) is 11.5 Å². The average Bonchev–Trinajstić information content (AvgIpc) is 2.51. The van der Waals surface area contributed by atoms with Gasteiger partial charge in [0.1, 0.15) is 5.75 Å². The standard InChI is InChI=1S/C14H22N2O5.ClH/c1-18-6-5-15-9-14(17)16-10-7-12(20-3)13(21-4)8-11(10)19-2;/h7-8,15H,5-6,9H2,1-4H3,(H,16,17);1H. The first kappa shape index (κ1) is 20.3. The predicted octanol–water partition coefficient (Wildman–Crippen LogP) is 1.31. The molecule has 0 aliphatic heterocycles. The number of carbonyl (C=O) groups excluding carboxylic acids is 1. The van der Waals surface area contributed by atoms with Gasteiger partial charge in [0.25, 0.3) is 0 Å². The summed E-state index contributed by atoms with van der Waals surface area (Å²) < 4.78 is 20.5. The van der Waals surface area contributed by atoms with Crippen molar-refractivity contribution in [1.82, 2.24) is 5.32 Å². The molecule has 0 fully saturated rings. The fraction of sp³-hybridized carbons (Fsp3) is 0.500. The molecule has 0 bridgehead atoms. The van der Waals surface area contributed by atoms with E-state index in [9.17, 15) is 4.79 Å². The van der Waals surface area contributed by atoms with Crippen LogP contribution < -0.4 is 24.8 Å². The second-order valence-electron chi connectivity index (χ2n) is 4.13. The molecule has 0 saturated heterocycles. The van der Waals surface area contributed by atoms with Crippen LogP contribution in [-0.2, 0) is 9.53 Å². The third kappa shape index (κ3) is 5.97. The number of methoxy groups -OCH3 is 4. The lowest BCUT2D eigenvalue weighted by Gasteiger charge is -2.15. The maximum atomic E-state index is 11.9. The zero-order valence-corrected chi connectivity index (χ0v) is 14.0. The van der Waals surface area contributed by atoms with Gasteiger partial charge < -0.3 is 29.6 Å². The molecule has 0 aliphatic carbocycles. The first-order chi connectivity index (χ1) is 10.2. The fourth-order valence-corrected chi connectivity index (χ4v) is 1.70. The lowest BCUT2D eigenvalue weighted by Crippen LogP contribution is -2.30. The Morgan fingerprint density at radius 1 is 1.00 bits per heavy atom. The maximum Gasteiger partial charge on any atom is 0.238 e. The van der Waals surface area contributed by atoms with Gasteiger partial charge in [-0.15, -0.1) is 12.4 Å². The van der Waals surface area contributed by atoms with E-state index in [0.717, 1.165) is 0 Å². The Balaban J connectivity index is 0.00000441. The van der Waals surface area contributed by atoms with Crippen LogP contribution in [0.25, 0.3) is 0 Å². The summed E-state index contributed by atoms with van der Waals surface area (Å²) in [5, 5.41) is 5.72. The number of amides is 1. The molecule has 0 aliphatic rings. The van der Waals surface area contributed by atoms with Crippen molar-refractivity contribution in [3.63, 3.8) is 0 Å². The first-order valence-electron chi connectivity index (χ1n) is 6.45. The molecular weight excluding hydrogens is 312 g/mol. The average molecular weight is 335 g/mol. The van der Waals surface area contributed by atoms with Crippen molar-refractivity contribution in [2.24, 2.45) is 0 Å². The second kappa shape index (κ2) is 10.9. The predicted molar refractivity (Wildman–Crippen MR) is 86.7 cm³/mol. The van der Waals surface area contributed by atoms with Crippen LogP contribution in [0.5, 0.6) is 17.2 Å². The Hall–Kier alpha value is -1.70. The van der Waals surface area contributed by atoms with Gasteiger partial charge in [-0.25, -0.2) is 0 Å². The fourth-order valence-electron chi connectivity index (χ4n) is 1.70. The number of anilines is 1. The molecule has 1 amide bonds. The van der Waals surface area contributed by atoms with Crippen LogP contribution in [0.1, 0.15) is 0 Å². The summed E-state index contributed by atoms with van der Waals surface area (Å²) in [6.07, 6.45) is 0. The van der Waals surface area contributed by atoms with Gasteiger partial charge in [-0.1, -0.05) is 0 Å². The van der Waals surface area contributed by atoms with Crippen molar-refractivity contribution in [2.75, 3.05) is 53.5 Å². The molecule has 0 saturated carbocycles. The Bertz CT molecular complexity index is 471. The minimum atomic E-state index is -0.184. The lowest BCUT2D eigenvalue weighted by atomic mass is 10.2. The Morgan fingerprint density at radius 2 is 1.59 bits per heavy atom. The summed E-state index contributed by atoms with van der Waals surface area (Å²) in [7, 11) is 6.20. The number of carbonyl (C=O) groups is 1. The molecule has 0 aromatic heterocycles. The van der Waals surface area contributed by atoms with Crippen LogP contribution in [0.4, 0.5) is 5.69 Å². The largest absolute Gasteiger partial charge is 0.494 e. The van der Waals surface area contributed by atoms with E-state index in [1.165, 1.54) is 21.3 Å². The van der Waals surface area contributed by atoms with E-state index in [0.29, 0.717) is 36.1 Å². The minimum absolute atomic E-state index is 0. The van der Waals surface area contributed by atoms with Crippen LogP contribution in [0.3, 0.4) is 0 Å². The smallest absolute Gasteiger partial charge is 0.238 e. The number of ether oxygens (including phenoxy) is 4. The summed E-state index contributed by atoms with van der Waals surface area (Å²) in [4.78, 5) is 11.9. The molecule has 126 valence electrons. The molecule has 1 aromatic rings. The highest BCUT2D eigenvalue weighted by atomic mass is 35.5. The third-order valence-electron chi connectivity index (χ3n) is 2.75. The molecule has 0 unspecified atom stereocenters. The molecule has 0 heterocycles. The van der Waals surface area contributed by atoms with Crippen LogP contribution in [0, 0.1) is 0 Å². The van der Waals surface area contributed by atoms with Gasteiger partial charge in [-0.2, -0.15) is 0 Å². The number of nitrogens with one attached hydrogen (secondary N) is 2. The van der Waals surface area contributed by atoms with Crippen molar-refractivity contribution in [3.8, 4) is 17.2 Å². The molecule has 2 N–H and O–H groups in total. The van der Waals surface area contributed by atoms with Crippen LogP contribution in [-0.4, -0.2) is 54.0 Å². The van der Waals surface area contributed by atoms with Gasteiger partial charge in [0, 0.05) is 25.8 Å². The molecular formula is C14H23ClN2O5. The Morgan fingerprint density at radius 3 is 2.14 bits per heavy atom. The van der Waals surface area contributed by atoms with Crippen LogP contribution >= 0.6 is 12.4 Å². The van der Waals surface area contributed by atoms with Gasteiger partial charge in [-0.05, 0) is 0 Å². The normalized spacial score (nSPS) is 9.64. The quantitative estimate of drug-likeness (QED) is 0.663. The van der Waals surface area contributed by atoms with E-state index in [1.807, 2.05) is 0 Å². The summed E-state index contributed by atoms with van der Waals surface area (Å²) in [6, 6.07) is 3.32. The van der Waals surface area contributed by atoms with Crippen LogP contribution in [0.2, 0.25) is 0 Å². The number of benzene rings is 1. The van der Waals surface area contributed by atoms with E-state index in [1.54, 1.807) is 19.2 Å². The van der Waals surface area contributed by atoms with E-state index < -0.39 is 0 Å². The monoisotopic (exact) mass is 334 g/mol. The highest BCUT2D eigenvalue weighted by Crippen LogP contribution is 2.37. The van der Waals surface area contributed by atoms with Gasteiger partial charge >= 0.3 is 0 Å². The Kier molecular flexibility index (Phi) is 10.1. The number of rotatable bonds is 9. The molecule has 7 nitrogen and oxygen atoms in total. The SMILES string of the molecule is COCCNCC(=O)Nc1cc(OC)c(OC)cc1OC.Cl. The van der Waals surface area contributed by atoms with Crippen molar-refractivity contribution in [3.05, 3.63) is 12.1 Å². The first-order valence-corrected chi connectivity index (χ1v) is 6.45. The molecule has 1 aromatic carbocycles. The van der Waals surface area contributed by atoms with E-state index in [4.69, 9.17) is 18.9 Å². The zero-order chi connectivity index (χ0) is 15.7. The van der Waals surface area contributed by atoms with E-state index in [2.05, 4.69) is 10.6 Å². The van der Waals surface area contributed by atoms with Gasteiger partial charge in [0.2, 0.25) is 5.91 Å². The molecule has 1 rings (SSSR count). The highest BCUT2D eigenvalue weighted by molar-refractivity contribution is 5.94. The van der Waals surface area contributed by atoms with E-state index >= 15 is 0 Å². The Labute approximate surface area is 136 Å². The number of hydrogen-bond donors (Lipinski definition) is 2. The van der Waals surface area contributed by atoms with Crippen LogP contribution in [0.15, 0.2) is 12.1 Å². The molecule has 0 radical (unpaired) electrons. The molecule has 22 heavy (non-hydrogen) atoms. The number of hydrogen-bond acceptors (Lipinski definition) is 6. The maximum absolute atomic E-state index is 11.9. The number of halogens is 1. The van der Waals surface area contributed by atoms with Crippen molar-refractivity contribution in [1.29, 1.82) is 0 Å². The summed E-state index contributed by atoms with van der Waals surface area (Å²) >= 11 is 0. The summed E-state index contributed by atoms with van der Waals surface area (Å²) in [5.74, 6) is 1.36. The van der Waals surface area contributed by atoms with Gasteiger partial charge in [0.05, 0.1) is 40.2 Å². The topological polar surface area (TPSA) is 78.1 Å². The van der Waals surface area contributed by atoms with Gasteiger partial charge in [-0.3, -0.25) is 4.79 Å². The minimum Gasteiger partial charge on any atom is -0.494 e. The van der Waals surface area contributed by atoms with Crippen molar-refractivity contribution >= 4 is 24.0 Å². The summed E-state index contributed by atoms with van der Waals surface area (Å²) in [5.41, 5.74) is 0.522. The molecule has 0 spiro atoms.